The lowest BCUT2D eigenvalue weighted by atomic mass is 9.93. The maximum Gasteiger partial charge on any atom is 0.130 e. The van der Waals surface area contributed by atoms with E-state index in [9.17, 15) is 0 Å². The molecule has 0 aromatic rings. The van der Waals surface area contributed by atoms with E-state index >= 15 is 0 Å². The van der Waals surface area contributed by atoms with Gasteiger partial charge in [-0.25, -0.2) is 0 Å². The molecule has 0 aromatic carbocycles. The number of rotatable bonds is 2. The monoisotopic (exact) mass is 148 g/mol. The second-order valence-corrected chi connectivity index (χ2v) is 3.00. The average Bonchev–Trinajstić information content (AvgIpc) is 1.96. The first-order chi connectivity index (χ1) is 5.25. The molecule has 0 saturated carbocycles. The number of aryl methyl sites for hydroxylation is 1. The van der Waals surface area contributed by atoms with Gasteiger partial charge in [-0.1, -0.05) is 0 Å². The zero-order valence-electron chi connectivity index (χ0n) is 7.19. The minimum atomic E-state index is 0.774. The number of ether oxygens (including phenoxy) is 1. The van der Waals surface area contributed by atoms with Gasteiger partial charge in [-0.2, -0.15) is 0 Å². The first-order valence-corrected chi connectivity index (χ1v) is 4.03. The van der Waals surface area contributed by atoms with Crippen molar-refractivity contribution in [3.63, 3.8) is 0 Å². The third-order valence-electron chi connectivity index (χ3n) is 2.27. The lowest BCUT2D eigenvalue weighted by Gasteiger charge is -2.19. The Morgan fingerprint density at radius 1 is 1.36 bits per heavy atom. The van der Waals surface area contributed by atoms with Crippen molar-refractivity contribution in [1.29, 1.82) is 0 Å². The zero-order valence-corrected chi connectivity index (χ0v) is 7.19. The highest BCUT2D eigenvalue weighted by Crippen LogP contribution is 2.33. The standard InChI is InChI=1S/C10H12O/c1-4-11-10-7(3)9-6(2)5-8(9)10/h5H,4H2,1-3H3. The van der Waals surface area contributed by atoms with Crippen molar-refractivity contribution in [2.75, 3.05) is 6.61 Å². The minimum Gasteiger partial charge on any atom is -0.493 e. The Morgan fingerprint density at radius 2 is 2.09 bits per heavy atom. The zero-order chi connectivity index (χ0) is 8.01. The molecule has 2 aliphatic rings. The van der Waals surface area contributed by atoms with Crippen LogP contribution >= 0.6 is 0 Å². The van der Waals surface area contributed by atoms with Crippen LogP contribution in [-0.2, 0) is 0 Å². The molecule has 0 aromatic heterocycles. The molecule has 0 atom stereocenters. The van der Waals surface area contributed by atoms with Crippen LogP contribution in [0.1, 0.15) is 18.1 Å². The van der Waals surface area contributed by atoms with Crippen LogP contribution < -0.4 is 4.74 Å². The second-order valence-electron chi connectivity index (χ2n) is 3.00. The molecule has 58 valence electrons. The Hall–Kier alpha value is -0.980. The molecule has 1 nitrogen and oxygen atoms in total. The topological polar surface area (TPSA) is 9.23 Å². The summed E-state index contributed by atoms with van der Waals surface area (Å²) in [4.78, 5) is 0. The van der Waals surface area contributed by atoms with E-state index in [1.54, 1.807) is 0 Å². The predicted octanol–water partition coefficient (Wildman–Crippen LogP) is 2.30. The molecule has 1 heteroatoms. The van der Waals surface area contributed by atoms with E-state index in [4.69, 9.17) is 4.74 Å². The van der Waals surface area contributed by atoms with Crippen molar-refractivity contribution in [3.05, 3.63) is 27.6 Å². The molecule has 0 aliphatic heterocycles. The van der Waals surface area contributed by atoms with Gasteiger partial charge in [0.1, 0.15) is 5.75 Å². The van der Waals surface area contributed by atoms with Gasteiger partial charge in [0.05, 0.1) is 6.61 Å². The van der Waals surface area contributed by atoms with Crippen LogP contribution in [0, 0.1) is 24.3 Å². The van der Waals surface area contributed by atoms with Gasteiger partial charge in [0.2, 0.25) is 0 Å². The molecule has 0 heterocycles. The summed E-state index contributed by atoms with van der Waals surface area (Å²) in [6, 6.07) is 2.19. The normalized spacial score (nSPS) is 11.5. The van der Waals surface area contributed by atoms with Crippen LogP contribution in [-0.4, -0.2) is 6.61 Å². The van der Waals surface area contributed by atoms with Gasteiger partial charge in [-0.3, -0.25) is 0 Å². The van der Waals surface area contributed by atoms with Gasteiger partial charge in [0, 0.05) is 5.22 Å². The fourth-order valence-electron chi connectivity index (χ4n) is 1.76. The summed E-state index contributed by atoms with van der Waals surface area (Å²) in [5.41, 5.74) is 2.74. The second kappa shape index (κ2) is 2.00. The fourth-order valence-corrected chi connectivity index (χ4v) is 1.76. The molecule has 2 rings (SSSR count). The van der Waals surface area contributed by atoms with Gasteiger partial charge < -0.3 is 4.74 Å². The van der Waals surface area contributed by atoms with Gasteiger partial charge in [-0.15, -0.1) is 0 Å². The molecule has 0 radical (unpaired) electrons. The maximum absolute atomic E-state index is 5.45. The number of hydrogen-bond donors (Lipinski definition) is 0. The van der Waals surface area contributed by atoms with Crippen molar-refractivity contribution in [2.24, 2.45) is 0 Å². The highest BCUT2D eigenvalue weighted by Gasteiger charge is 2.16. The molecular weight excluding hydrogens is 136 g/mol. The highest BCUT2D eigenvalue weighted by molar-refractivity contribution is 5.51. The molecule has 0 amide bonds. The van der Waals surface area contributed by atoms with Crippen molar-refractivity contribution in [2.45, 2.75) is 20.8 Å². The summed E-state index contributed by atoms with van der Waals surface area (Å²) in [5.74, 6) is 1.12. The maximum atomic E-state index is 5.45. The quantitative estimate of drug-likeness (QED) is 0.635. The van der Waals surface area contributed by atoms with Crippen LogP contribution in [0.5, 0.6) is 5.75 Å². The molecule has 0 fully saturated rings. The summed E-state index contributed by atoms with van der Waals surface area (Å²) < 4.78 is 5.45. The summed E-state index contributed by atoms with van der Waals surface area (Å²) in [6.07, 6.45) is 0. The Bertz CT molecular complexity index is 390. The molecule has 0 spiro atoms. The van der Waals surface area contributed by atoms with Crippen LogP contribution in [0.15, 0.2) is 6.07 Å². The summed E-state index contributed by atoms with van der Waals surface area (Å²) >= 11 is 0. The number of benzene rings is 1. The van der Waals surface area contributed by atoms with E-state index in [1.165, 1.54) is 21.6 Å². The predicted molar refractivity (Wildman–Crippen MR) is 44.8 cm³/mol. The third-order valence-corrected chi connectivity index (χ3v) is 2.27. The van der Waals surface area contributed by atoms with Gasteiger partial charge in [0.25, 0.3) is 0 Å². The first-order valence-electron chi connectivity index (χ1n) is 4.03. The average molecular weight is 148 g/mol. The summed E-state index contributed by atoms with van der Waals surface area (Å²) in [6.45, 7) is 7.07. The highest BCUT2D eigenvalue weighted by atomic mass is 16.5. The van der Waals surface area contributed by atoms with Crippen molar-refractivity contribution >= 4 is 0 Å². The molecule has 0 saturated heterocycles. The molecule has 0 bridgehead atoms. The van der Waals surface area contributed by atoms with Crippen molar-refractivity contribution in [3.8, 4) is 5.75 Å². The smallest absolute Gasteiger partial charge is 0.130 e. The van der Waals surface area contributed by atoms with Gasteiger partial charge >= 0.3 is 0 Å². The van der Waals surface area contributed by atoms with Gasteiger partial charge in [-0.05, 0) is 43.2 Å². The van der Waals surface area contributed by atoms with E-state index < -0.39 is 0 Å². The lowest BCUT2D eigenvalue weighted by molar-refractivity contribution is 0.331. The summed E-state index contributed by atoms with van der Waals surface area (Å²) in [7, 11) is 0. The van der Waals surface area contributed by atoms with Crippen LogP contribution in [0.3, 0.4) is 0 Å². The molecule has 0 unspecified atom stereocenters. The van der Waals surface area contributed by atoms with Crippen LogP contribution in [0.25, 0.3) is 0 Å². The van der Waals surface area contributed by atoms with E-state index in [2.05, 4.69) is 19.9 Å². The molecule has 0 N–H and O–H groups in total. The van der Waals surface area contributed by atoms with E-state index in [0.29, 0.717) is 0 Å². The molecule has 11 heavy (non-hydrogen) atoms. The molecular formula is C10H12O. The van der Waals surface area contributed by atoms with Crippen molar-refractivity contribution < 1.29 is 4.74 Å². The molecule has 2 aliphatic carbocycles. The Balaban J connectivity index is 2.45. The third kappa shape index (κ3) is 0.657. The summed E-state index contributed by atoms with van der Waals surface area (Å²) in [5, 5.41) is 2.77. The van der Waals surface area contributed by atoms with Gasteiger partial charge in [0.15, 0.2) is 0 Å². The number of hydrogen-bond acceptors (Lipinski definition) is 1. The Morgan fingerprint density at radius 3 is 2.55 bits per heavy atom. The first kappa shape index (κ1) is 6.71. The Labute approximate surface area is 66.3 Å². The largest absolute Gasteiger partial charge is 0.493 e. The minimum absolute atomic E-state index is 0.774. The van der Waals surface area contributed by atoms with E-state index in [-0.39, 0.29) is 0 Å². The van der Waals surface area contributed by atoms with Crippen LogP contribution in [0.2, 0.25) is 0 Å². The van der Waals surface area contributed by atoms with E-state index in [0.717, 1.165) is 12.4 Å². The van der Waals surface area contributed by atoms with E-state index in [1.807, 2.05) is 6.92 Å². The fraction of sp³-hybridized carbons (Fsp3) is 0.400. The lowest BCUT2D eigenvalue weighted by Crippen LogP contribution is -2.05. The Kier molecular flexibility index (Phi) is 1.22. The van der Waals surface area contributed by atoms with Crippen LogP contribution in [0.4, 0.5) is 0 Å². The van der Waals surface area contributed by atoms with Crippen molar-refractivity contribution in [1.82, 2.24) is 0 Å². The SMILES string of the molecule is CCOc1c(C)c2c(C)cc1=2.